The van der Waals surface area contributed by atoms with E-state index in [-0.39, 0.29) is 5.78 Å². The van der Waals surface area contributed by atoms with E-state index in [0.29, 0.717) is 0 Å². The lowest BCUT2D eigenvalue weighted by Crippen LogP contribution is -2.47. The van der Waals surface area contributed by atoms with Crippen molar-refractivity contribution in [3.05, 3.63) is 70.7 Å². The second kappa shape index (κ2) is 7.24. The number of hydrogen-bond acceptors (Lipinski definition) is 3. The summed E-state index contributed by atoms with van der Waals surface area (Å²) in [5.41, 5.74) is 4.32. The minimum atomic E-state index is 0.115. The molecule has 0 bridgehead atoms. The molecule has 0 radical (unpaired) electrons. The number of carbonyl (C=O) groups excluding carboxylic acids is 1. The van der Waals surface area contributed by atoms with Gasteiger partial charge in [0.15, 0.2) is 5.78 Å². The number of hydrogen-bond donors (Lipinski definition) is 0. The largest absolute Gasteiger partial charge is 0.368 e. The summed E-state index contributed by atoms with van der Waals surface area (Å²) in [5.74, 6) is 0.115. The van der Waals surface area contributed by atoms with Gasteiger partial charge in [-0.3, -0.25) is 4.79 Å². The van der Waals surface area contributed by atoms with Crippen molar-refractivity contribution in [2.45, 2.75) is 13.8 Å². The second-order valence-electron chi connectivity index (χ2n) is 7.14. The summed E-state index contributed by atoms with van der Waals surface area (Å²) in [5, 5.41) is 3.09. The van der Waals surface area contributed by atoms with Gasteiger partial charge in [-0.1, -0.05) is 48.0 Å². The molecule has 1 aliphatic rings. The standard InChI is InChI=1S/C23H23ClN2O/c1-16-7-9-19(24)15-22(16)25-11-13-26(14-12-25)23-20(17(2)27)10-8-18-5-3-4-6-21(18)23/h3-10,15H,11-14H2,1-2H3. The third-order valence-electron chi connectivity index (χ3n) is 5.39. The average Bonchev–Trinajstić information content (AvgIpc) is 2.69. The Hall–Kier alpha value is -2.52. The zero-order chi connectivity index (χ0) is 19.0. The monoisotopic (exact) mass is 378 g/mol. The van der Waals surface area contributed by atoms with E-state index in [1.54, 1.807) is 6.92 Å². The first-order chi connectivity index (χ1) is 13.0. The molecule has 27 heavy (non-hydrogen) atoms. The van der Waals surface area contributed by atoms with Gasteiger partial charge in [-0.25, -0.2) is 0 Å². The molecule has 1 saturated heterocycles. The van der Waals surface area contributed by atoms with Crippen LogP contribution in [0.1, 0.15) is 22.8 Å². The Balaban J connectivity index is 1.66. The van der Waals surface area contributed by atoms with Crippen molar-refractivity contribution in [2.75, 3.05) is 36.0 Å². The number of anilines is 2. The number of carbonyl (C=O) groups is 1. The van der Waals surface area contributed by atoms with Gasteiger partial charge in [-0.15, -0.1) is 0 Å². The van der Waals surface area contributed by atoms with Crippen molar-refractivity contribution in [3.8, 4) is 0 Å². The van der Waals surface area contributed by atoms with E-state index in [2.05, 4.69) is 34.9 Å². The maximum Gasteiger partial charge on any atom is 0.161 e. The summed E-state index contributed by atoms with van der Waals surface area (Å²) in [6.45, 7) is 7.33. The summed E-state index contributed by atoms with van der Waals surface area (Å²) < 4.78 is 0. The van der Waals surface area contributed by atoms with Crippen LogP contribution in [0.15, 0.2) is 54.6 Å². The Bertz CT molecular complexity index is 1010. The van der Waals surface area contributed by atoms with Gasteiger partial charge in [0, 0.05) is 47.8 Å². The molecule has 4 heteroatoms. The fraction of sp³-hybridized carbons (Fsp3) is 0.261. The van der Waals surface area contributed by atoms with Crippen LogP contribution in [0.5, 0.6) is 0 Å². The van der Waals surface area contributed by atoms with Gasteiger partial charge in [0.25, 0.3) is 0 Å². The van der Waals surface area contributed by atoms with Crippen LogP contribution in [0.25, 0.3) is 10.8 Å². The lowest BCUT2D eigenvalue weighted by molar-refractivity contribution is 0.101. The predicted octanol–water partition coefficient (Wildman–Crippen LogP) is 5.33. The van der Waals surface area contributed by atoms with Crippen molar-refractivity contribution in [3.63, 3.8) is 0 Å². The fourth-order valence-corrected chi connectivity index (χ4v) is 4.14. The SMILES string of the molecule is CC(=O)c1ccc2ccccc2c1N1CCN(c2cc(Cl)ccc2C)CC1. The van der Waals surface area contributed by atoms with E-state index < -0.39 is 0 Å². The van der Waals surface area contributed by atoms with Crippen LogP contribution < -0.4 is 9.80 Å². The first kappa shape index (κ1) is 17.9. The van der Waals surface area contributed by atoms with E-state index in [1.165, 1.54) is 16.6 Å². The minimum absolute atomic E-state index is 0.115. The average molecular weight is 379 g/mol. The molecule has 0 atom stereocenters. The van der Waals surface area contributed by atoms with Crippen LogP contribution in [-0.4, -0.2) is 32.0 Å². The highest BCUT2D eigenvalue weighted by atomic mass is 35.5. The van der Waals surface area contributed by atoms with Crippen LogP contribution >= 0.6 is 11.6 Å². The van der Waals surface area contributed by atoms with Gasteiger partial charge in [-0.05, 0) is 43.0 Å². The van der Waals surface area contributed by atoms with E-state index in [0.717, 1.165) is 47.8 Å². The summed E-state index contributed by atoms with van der Waals surface area (Å²) in [7, 11) is 0. The Morgan fingerprint density at radius 1 is 0.926 bits per heavy atom. The maximum absolute atomic E-state index is 12.3. The molecule has 1 aliphatic heterocycles. The van der Waals surface area contributed by atoms with Crippen LogP contribution in [0, 0.1) is 6.92 Å². The zero-order valence-corrected chi connectivity index (χ0v) is 16.5. The molecular weight excluding hydrogens is 356 g/mol. The number of halogens is 1. The summed E-state index contributed by atoms with van der Waals surface area (Å²) in [6.07, 6.45) is 0. The van der Waals surface area contributed by atoms with Crippen molar-refractivity contribution in [2.24, 2.45) is 0 Å². The normalized spacial score (nSPS) is 14.6. The molecule has 1 fully saturated rings. The van der Waals surface area contributed by atoms with Crippen LogP contribution in [0.2, 0.25) is 5.02 Å². The fourth-order valence-electron chi connectivity index (χ4n) is 3.97. The van der Waals surface area contributed by atoms with Crippen molar-refractivity contribution in [1.82, 2.24) is 0 Å². The lowest BCUT2D eigenvalue weighted by Gasteiger charge is -2.39. The van der Waals surface area contributed by atoms with E-state index in [4.69, 9.17) is 11.6 Å². The molecule has 0 spiro atoms. The summed E-state index contributed by atoms with van der Waals surface area (Å²) in [4.78, 5) is 17.0. The highest BCUT2D eigenvalue weighted by Crippen LogP contribution is 2.33. The van der Waals surface area contributed by atoms with Gasteiger partial charge in [0.2, 0.25) is 0 Å². The molecule has 3 aromatic carbocycles. The van der Waals surface area contributed by atoms with E-state index in [9.17, 15) is 4.79 Å². The lowest BCUT2D eigenvalue weighted by atomic mass is 10.00. The van der Waals surface area contributed by atoms with Gasteiger partial charge in [-0.2, -0.15) is 0 Å². The number of Topliss-reactive ketones (excluding diaryl/α,β-unsaturated/α-hetero) is 1. The number of nitrogens with zero attached hydrogens (tertiary/aromatic N) is 2. The molecule has 1 heterocycles. The number of piperazine rings is 1. The highest BCUT2D eigenvalue weighted by molar-refractivity contribution is 6.30. The molecule has 0 aromatic heterocycles. The van der Waals surface area contributed by atoms with Crippen molar-refractivity contribution in [1.29, 1.82) is 0 Å². The zero-order valence-electron chi connectivity index (χ0n) is 15.7. The van der Waals surface area contributed by atoms with Crippen LogP contribution in [-0.2, 0) is 0 Å². The molecule has 0 amide bonds. The topological polar surface area (TPSA) is 23.6 Å². The number of rotatable bonds is 3. The Morgan fingerprint density at radius 2 is 1.63 bits per heavy atom. The van der Waals surface area contributed by atoms with Gasteiger partial charge >= 0.3 is 0 Å². The molecule has 3 aromatic rings. The Labute approximate surface area is 165 Å². The van der Waals surface area contributed by atoms with Gasteiger partial charge in [0.05, 0.1) is 5.69 Å². The van der Waals surface area contributed by atoms with E-state index >= 15 is 0 Å². The molecule has 4 rings (SSSR count). The van der Waals surface area contributed by atoms with Gasteiger partial charge < -0.3 is 9.80 Å². The molecule has 0 unspecified atom stereocenters. The smallest absolute Gasteiger partial charge is 0.161 e. The minimum Gasteiger partial charge on any atom is -0.368 e. The maximum atomic E-state index is 12.3. The molecule has 0 N–H and O–H groups in total. The van der Waals surface area contributed by atoms with Crippen molar-refractivity contribution < 1.29 is 4.79 Å². The molecule has 3 nitrogen and oxygen atoms in total. The first-order valence-electron chi connectivity index (χ1n) is 9.33. The highest BCUT2D eigenvalue weighted by Gasteiger charge is 2.23. The van der Waals surface area contributed by atoms with Crippen LogP contribution in [0.3, 0.4) is 0 Å². The Kier molecular flexibility index (Phi) is 4.79. The third kappa shape index (κ3) is 3.40. The second-order valence-corrected chi connectivity index (χ2v) is 7.58. The molecular formula is C23H23ClN2O. The van der Waals surface area contributed by atoms with Gasteiger partial charge in [0.1, 0.15) is 0 Å². The molecule has 138 valence electrons. The molecule has 0 aliphatic carbocycles. The molecule has 0 saturated carbocycles. The third-order valence-corrected chi connectivity index (χ3v) is 5.62. The number of benzene rings is 3. The quantitative estimate of drug-likeness (QED) is 0.575. The number of ketones is 1. The summed E-state index contributed by atoms with van der Waals surface area (Å²) in [6, 6.07) is 18.4. The Morgan fingerprint density at radius 3 is 2.37 bits per heavy atom. The first-order valence-corrected chi connectivity index (χ1v) is 9.71. The van der Waals surface area contributed by atoms with Crippen molar-refractivity contribution >= 4 is 39.5 Å². The predicted molar refractivity (Wildman–Crippen MR) is 115 cm³/mol. The number of aryl methyl sites for hydroxylation is 1. The van der Waals surface area contributed by atoms with Crippen LogP contribution in [0.4, 0.5) is 11.4 Å². The number of fused-ring (bicyclic) bond motifs is 1. The summed E-state index contributed by atoms with van der Waals surface area (Å²) >= 11 is 6.21. The van der Waals surface area contributed by atoms with E-state index in [1.807, 2.05) is 36.4 Å².